The molecule has 0 bridgehead atoms. The van der Waals surface area contributed by atoms with Crippen molar-refractivity contribution < 1.29 is 54.1 Å². The number of hydrogen-bond donors (Lipinski definition) is 6. The van der Waals surface area contributed by atoms with Gasteiger partial charge in [-0.3, -0.25) is 4.79 Å². The maximum Gasteiger partial charge on any atom is 0.333 e. The molecule has 10 atom stereocenters. The molecule has 12 heteroatoms. The number of methoxy groups -OCH3 is 1. The molecule has 12 nitrogen and oxygen atoms in total. The number of aliphatic hydroxyl groups is 4. The van der Waals surface area contributed by atoms with Crippen LogP contribution in [0, 0.1) is 11.8 Å². The Morgan fingerprint density at radius 1 is 0.938 bits per heavy atom. The summed E-state index contributed by atoms with van der Waals surface area (Å²) < 4.78 is 21.9. The molecule has 2 rings (SSSR count). The second-order valence-corrected chi connectivity index (χ2v) is 8.26. The van der Waals surface area contributed by atoms with Gasteiger partial charge in [-0.15, -0.1) is 0 Å². The zero-order valence-corrected chi connectivity index (χ0v) is 18.5. The van der Waals surface area contributed by atoms with E-state index in [1.54, 1.807) is 6.92 Å². The highest BCUT2D eigenvalue weighted by atomic mass is 16.6. The lowest BCUT2D eigenvalue weighted by Gasteiger charge is -2.45. The van der Waals surface area contributed by atoms with Crippen molar-refractivity contribution in [2.24, 2.45) is 11.8 Å². The number of amides is 1. The molecule has 2 fully saturated rings. The monoisotopic (exact) mass is 465 g/mol. The number of carbonyl (C=O) groups is 2. The molecular formula is C20H35NO11. The summed E-state index contributed by atoms with van der Waals surface area (Å²) in [6.45, 7) is 2.27. The van der Waals surface area contributed by atoms with Gasteiger partial charge in [-0.25, -0.2) is 4.79 Å². The number of carboxylic acid groups (broad SMARTS) is 1. The normalized spacial score (nSPS) is 40.1. The molecule has 0 spiro atoms. The summed E-state index contributed by atoms with van der Waals surface area (Å²) in [5.74, 6) is -3.07. The van der Waals surface area contributed by atoms with E-state index in [0.29, 0.717) is 6.42 Å². The van der Waals surface area contributed by atoms with Crippen molar-refractivity contribution in [1.82, 2.24) is 5.32 Å². The summed E-state index contributed by atoms with van der Waals surface area (Å²) in [6, 6.07) is -0.690. The zero-order valence-electron chi connectivity index (χ0n) is 18.5. The molecule has 0 aromatic heterocycles. The molecule has 32 heavy (non-hydrogen) atoms. The van der Waals surface area contributed by atoms with Crippen LogP contribution in [-0.2, 0) is 28.5 Å². The average molecular weight is 465 g/mol. The maximum atomic E-state index is 11.7. The summed E-state index contributed by atoms with van der Waals surface area (Å²) in [5.41, 5.74) is 0. The summed E-state index contributed by atoms with van der Waals surface area (Å²) >= 11 is 0. The van der Waals surface area contributed by atoms with Gasteiger partial charge in [0.05, 0.1) is 44.7 Å². The summed E-state index contributed by atoms with van der Waals surface area (Å²) in [7, 11) is 1.45. The van der Waals surface area contributed by atoms with E-state index in [4.69, 9.17) is 18.9 Å². The van der Waals surface area contributed by atoms with Gasteiger partial charge >= 0.3 is 5.97 Å². The second kappa shape index (κ2) is 12.2. The molecule has 2 aliphatic heterocycles. The Hall–Kier alpha value is -1.38. The molecule has 0 aromatic rings. The van der Waals surface area contributed by atoms with Crippen LogP contribution in [0.2, 0.25) is 0 Å². The van der Waals surface area contributed by atoms with Crippen LogP contribution in [0.15, 0.2) is 0 Å². The third kappa shape index (κ3) is 6.14. The van der Waals surface area contributed by atoms with E-state index in [0.717, 1.165) is 0 Å². The van der Waals surface area contributed by atoms with Crippen LogP contribution in [0.25, 0.3) is 0 Å². The van der Waals surface area contributed by atoms with Crippen LogP contribution < -0.4 is 5.32 Å². The Labute approximate surface area is 186 Å². The Morgan fingerprint density at radius 2 is 1.62 bits per heavy atom. The molecule has 2 aliphatic rings. The first-order chi connectivity index (χ1) is 15.2. The molecule has 2 saturated heterocycles. The molecule has 0 radical (unpaired) electrons. The van der Waals surface area contributed by atoms with Crippen LogP contribution in [0.1, 0.15) is 20.3 Å². The Kier molecular flexibility index (Phi) is 10.2. The van der Waals surface area contributed by atoms with E-state index in [2.05, 4.69) is 5.32 Å². The SMILES string of the molecule is CCC1C(C(=O)O)OC(COCC2C(O)C(CO)OC(COC)C2NC(C)=O)C(O)C1O. The molecule has 0 saturated carbocycles. The highest BCUT2D eigenvalue weighted by Gasteiger charge is 2.48. The fourth-order valence-electron chi connectivity index (χ4n) is 4.43. The standard InChI is InChI=1S/C20H35NO11/c1-4-10-17(25)18(26)14(32-19(10)20(27)28)8-30-6-11-15(21-9(2)23)13(7-29-3)31-12(5-22)16(11)24/h10-19,22,24-26H,4-8H2,1-3H3,(H,21,23)(H,27,28). The average Bonchev–Trinajstić information content (AvgIpc) is 2.74. The van der Waals surface area contributed by atoms with Crippen LogP contribution in [0.3, 0.4) is 0 Å². The van der Waals surface area contributed by atoms with E-state index in [1.165, 1.54) is 14.0 Å². The van der Waals surface area contributed by atoms with Crippen molar-refractivity contribution in [2.75, 3.05) is 33.5 Å². The van der Waals surface area contributed by atoms with Crippen molar-refractivity contribution in [3.63, 3.8) is 0 Å². The van der Waals surface area contributed by atoms with Crippen molar-refractivity contribution in [2.45, 2.75) is 69.0 Å². The first-order valence-corrected chi connectivity index (χ1v) is 10.7. The lowest BCUT2D eigenvalue weighted by molar-refractivity contribution is -0.226. The number of carbonyl (C=O) groups excluding carboxylic acids is 1. The van der Waals surface area contributed by atoms with E-state index in [9.17, 15) is 35.1 Å². The number of rotatable bonds is 10. The third-order valence-corrected chi connectivity index (χ3v) is 6.10. The minimum Gasteiger partial charge on any atom is -0.479 e. The summed E-state index contributed by atoms with van der Waals surface area (Å²) in [4.78, 5) is 23.2. The topological polar surface area (TPSA) is 184 Å². The highest BCUT2D eigenvalue weighted by Crippen LogP contribution is 2.30. The van der Waals surface area contributed by atoms with Gasteiger partial charge in [-0.1, -0.05) is 6.92 Å². The van der Waals surface area contributed by atoms with Gasteiger partial charge in [0.2, 0.25) is 5.91 Å². The number of nitrogens with one attached hydrogen (secondary N) is 1. The minimum atomic E-state index is -1.35. The van der Waals surface area contributed by atoms with Crippen LogP contribution >= 0.6 is 0 Å². The van der Waals surface area contributed by atoms with Crippen molar-refractivity contribution in [1.29, 1.82) is 0 Å². The molecule has 0 aliphatic carbocycles. The van der Waals surface area contributed by atoms with E-state index >= 15 is 0 Å². The van der Waals surface area contributed by atoms with Crippen LogP contribution in [0.5, 0.6) is 0 Å². The minimum absolute atomic E-state index is 0.0972. The highest BCUT2D eigenvalue weighted by molar-refractivity contribution is 5.73. The second-order valence-electron chi connectivity index (χ2n) is 8.26. The quantitative estimate of drug-likeness (QED) is 0.200. The van der Waals surface area contributed by atoms with Crippen molar-refractivity contribution in [3.8, 4) is 0 Å². The number of aliphatic carboxylic acids is 1. The van der Waals surface area contributed by atoms with E-state index in [1.807, 2.05) is 0 Å². The number of hydrogen-bond acceptors (Lipinski definition) is 10. The molecule has 0 aromatic carbocycles. The number of aliphatic hydroxyl groups excluding tert-OH is 4. The fourth-order valence-corrected chi connectivity index (χ4v) is 4.43. The van der Waals surface area contributed by atoms with Crippen molar-refractivity contribution in [3.05, 3.63) is 0 Å². The number of carboxylic acids is 1. The van der Waals surface area contributed by atoms with Gasteiger partial charge in [0.25, 0.3) is 0 Å². The third-order valence-electron chi connectivity index (χ3n) is 6.10. The molecule has 6 N–H and O–H groups in total. The predicted molar refractivity (Wildman–Crippen MR) is 108 cm³/mol. The Balaban J connectivity index is 2.09. The molecule has 2 heterocycles. The van der Waals surface area contributed by atoms with Gasteiger partial charge in [-0.05, 0) is 6.42 Å². The lowest BCUT2D eigenvalue weighted by Crippen LogP contribution is -2.63. The predicted octanol–water partition coefficient (Wildman–Crippen LogP) is -2.51. The summed E-state index contributed by atoms with van der Waals surface area (Å²) in [5, 5.41) is 53.0. The summed E-state index contributed by atoms with van der Waals surface area (Å²) in [6.07, 6.45) is -7.50. The Bertz CT molecular complexity index is 620. The van der Waals surface area contributed by atoms with Gasteiger partial charge in [0.1, 0.15) is 24.4 Å². The van der Waals surface area contributed by atoms with Crippen molar-refractivity contribution >= 4 is 11.9 Å². The molecule has 1 amide bonds. The van der Waals surface area contributed by atoms with Gasteiger partial charge in [-0.2, -0.15) is 0 Å². The molecule has 10 unspecified atom stereocenters. The Morgan fingerprint density at radius 3 is 2.16 bits per heavy atom. The first-order valence-electron chi connectivity index (χ1n) is 10.7. The largest absolute Gasteiger partial charge is 0.479 e. The maximum absolute atomic E-state index is 11.7. The number of ether oxygens (including phenoxy) is 4. The van der Waals surface area contributed by atoms with E-state index < -0.39 is 73.2 Å². The fraction of sp³-hybridized carbons (Fsp3) is 0.900. The smallest absolute Gasteiger partial charge is 0.333 e. The van der Waals surface area contributed by atoms with Gasteiger partial charge in [0.15, 0.2) is 6.10 Å². The zero-order chi connectivity index (χ0) is 24.0. The van der Waals surface area contributed by atoms with Gasteiger partial charge < -0.3 is 49.8 Å². The van der Waals surface area contributed by atoms with Crippen LogP contribution in [-0.4, -0.2) is 120 Å². The lowest BCUT2D eigenvalue weighted by atomic mass is 9.84. The van der Waals surface area contributed by atoms with Crippen LogP contribution in [0.4, 0.5) is 0 Å². The molecular weight excluding hydrogens is 430 g/mol. The van der Waals surface area contributed by atoms with Gasteiger partial charge in [0, 0.05) is 25.9 Å². The first kappa shape index (κ1) is 26.9. The van der Waals surface area contributed by atoms with E-state index in [-0.39, 0.29) is 25.7 Å². The molecule has 186 valence electrons.